The molecule has 6 heteroatoms. The standard InChI is InChI=1S/C41H63ClN2O3/c1-8-40-22-18-34(45)29(4)32(40)17-21-39(5)19-10-20-41(25-35(46)38(28(2)3)33(41)11-9-12-36(39)40)37(47)27-44(24-23-43(6)7)26-30-13-15-31(42)16-14-30/h13-16,28-29,32,34,36,45H,8-12,17-27H2,1-7H3. The molecule has 0 saturated heterocycles. The second kappa shape index (κ2) is 14.8. The smallest absolute Gasteiger partial charge is 0.160 e. The Balaban J connectivity index is 1.46. The molecule has 0 heterocycles. The maximum Gasteiger partial charge on any atom is 0.160 e. The Kier molecular flexibility index (Phi) is 11.5. The van der Waals surface area contributed by atoms with Crippen molar-refractivity contribution >= 4 is 23.2 Å². The summed E-state index contributed by atoms with van der Waals surface area (Å²) in [5.74, 6) is 2.16. The van der Waals surface area contributed by atoms with Crippen molar-refractivity contribution in [3.8, 4) is 0 Å². The lowest BCUT2D eigenvalue weighted by atomic mass is 9.43. The summed E-state index contributed by atoms with van der Waals surface area (Å²) in [5, 5.41) is 11.6. The highest BCUT2D eigenvalue weighted by atomic mass is 35.5. The highest BCUT2D eigenvalue weighted by Gasteiger charge is 2.59. The number of hydrogen-bond donors (Lipinski definition) is 1. The van der Waals surface area contributed by atoms with Crippen LogP contribution in [-0.4, -0.2) is 66.3 Å². The predicted molar refractivity (Wildman–Crippen MR) is 193 cm³/mol. The first-order valence-corrected chi connectivity index (χ1v) is 19.2. The zero-order chi connectivity index (χ0) is 34.1. The normalized spacial score (nSPS) is 34.9. The molecule has 262 valence electrons. The number of Topliss-reactive ketones (excluding diaryl/α,β-unsaturated/α-hetero) is 2. The number of carbonyl (C=O) groups excluding carboxylic acids is 2. The van der Waals surface area contributed by atoms with Crippen molar-refractivity contribution in [3.63, 3.8) is 0 Å². The summed E-state index contributed by atoms with van der Waals surface area (Å²) < 4.78 is 0. The second-order valence-corrected chi connectivity index (χ2v) is 17.4. The average molecular weight is 667 g/mol. The van der Waals surface area contributed by atoms with Gasteiger partial charge in [0.1, 0.15) is 0 Å². The van der Waals surface area contributed by atoms with E-state index >= 15 is 0 Å². The minimum Gasteiger partial charge on any atom is -0.393 e. The van der Waals surface area contributed by atoms with Gasteiger partial charge in [-0.1, -0.05) is 64.8 Å². The molecule has 0 aliphatic heterocycles. The molecule has 7 unspecified atom stereocenters. The van der Waals surface area contributed by atoms with Crippen LogP contribution in [0.1, 0.15) is 117 Å². The number of fused-ring (bicyclic) bond motifs is 4. The van der Waals surface area contributed by atoms with Gasteiger partial charge >= 0.3 is 0 Å². The van der Waals surface area contributed by atoms with Crippen molar-refractivity contribution in [1.82, 2.24) is 9.80 Å². The lowest BCUT2D eigenvalue weighted by Crippen LogP contribution is -2.56. The van der Waals surface area contributed by atoms with Crippen molar-refractivity contribution in [2.75, 3.05) is 33.7 Å². The van der Waals surface area contributed by atoms with Crippen LogP contribution in [0.3, 0.4) is 0 Å². The molecular formula is C41H63ClN2O3. The monoisotopic (exact) mass is 666 g/mol. The first-order chi connectivity index (χ1) is 22.3. The Bertz CT molecular complexity index is 1310. The molecule has 3 saturated carbocycles. The van der Waals surface area contributed by atoms with Gasteiger partial charge in [0.05, 0.1) is 18.1 Å². The Morgan fingerprint density at radius 3 is 2.40 bits per heavy atom. The second-order valence-electron chi connectivity index (χ2n) is 16.9. The van der Waals surface area contributed by atoms with Crippen LogP contribution in [0.15, 0.2) is 35.4 Å². The highest BCUT2D eigenvalue weighted by molar-refractivity contribution is 6.30. The van der Waals surface area contributed by atoms with E-state index in [4.69, 9.17) is 11.6 Å². The van der Waals surface area contributed by atoms with Crippen molar-refractivity contribution in [1.29, 1.82) is 0 Å². The Morgan fingerprint density at radius 1 is 1.02 bits per heavy atom. The molecule has 1 aromatic carbocycles. The lowest BCUT2D eigenvalue weighted by molar-refractivity contribution is -0.151. The lowest BCUT2D eigenvalue weighted by Gasteiger charge is -2.62. The molecule has 0 amide bonds. The molecule has 1 N–H and O–H groups in total. The first kappa shape index (κ1) is 36.7. The molecule has 0 bridgehead atoms. The molecular weight excluding hydrogens is 604 g/mol. The zero-order valence-electron chi connectivity index (χ0n) is 30.5. The number of ketones is 2. The first-order valence-electron chi connectivity index (χ1n) is 18.9. The van der Waals surface area contributed by atoms with E-state index in [0.717, 1.165) is 80.6 Å². The van der Waals surface area contributed by atoms with Crippen LogP contribution in [0.25, 0.3) is 0 Å². The van der Waals surface area contributed by atoms with Crippen LogP contribution in [0.5, 0.6) is 0 Å². The summed E-state index contributed by atoms with van der Waals surface area (Å²) >= 11 is 6.20. The van der Waals surface area contributed by atoms with Crippen molar-refractivity contribution in [2.45, 2.75) is 124 Å². The number of benzene rings is 1. The van der Waals surface area contributed by atoms with Gasteiger partial charge in [-0.25, -0.2) is 0 Å². The number of likely N-dealkylation sites (N-methyl/N-ethyl adjacent to an activating group) is 1. The molecule has 4 aliphatic carbocycles. The number of aliphatic hydroxyl groups excluding tert-OH is 1. The molecule has 0 spiro atoms. The summed E-state index contributed by atoms with van der Waals surface area (Å²) in [7, 11) is 4.15. The molecule has 5 nitrogen and oxygen atoms in total. The van der Waals surface area contributed by atoms with E-state index in [1.165, 1.54) is 24.8 Å². The van der Waals surface area contributed by atoms with Crippen molar-refractivity contribution in [3.05, 3.63) is 46.0 Å². The quantitative estimate of drug-likeness (QED) is 0.271. The fraction of sp³-hybridized carbons (Fsp3) is 0.756. The van der Waals surface area contributed by atoms with E-state index < -0.39 is 5.41 Å². The van der Waals surface area contributed by atoms with Crippen molar-refractivity contribution < 1.29 is 14.7 Å². The number of rotatable bonds is 10. The van der Waals surface area contributed by atoms with Gasteiger partial charge < -0.3 is 10.0 Å². The summed E-state index contributed by atoms with van der Waals surface area (Å²) in [6, 6.07) is 7.96. The topological polar surface area (TPSA) is 60.9 Å². The van der Waals surface area contributed by atoms with Crippen LogP contribution in [0, 0.1) is 39.9 Å². The van der Waals surface area contributed by atoms with Crippen molar-refractivity contribution in [2.24, 2.45) is 39.9 Å². The Hall–Kier alpha value is -1.53. The number of hydrogen-bond acceptors (Lipinski definition) is 5. The molecule has 3 fully saturated rings. The van der Waals surface area contributed by atoms with Crippen LogP contribution >= 0.6 is 11.6 Å². The number of nitrogens with zero attached hydrogens (tertiary/aromatic N) is 2. The number of carbonyl (C=O) groups is 2. The fourth-order valence-corrected chi connectivity index (χ4v) is 11.4. The molecule has 1 aromatic rings. The van der Waals surface area contributed by atoms with Crippen LogP contribution in [-0.2, 0) is 16.1 Å². The van der Waals surface area contributed by atoms with Gasteiger partial charge in [0.2, 0.25) is 0 Å². The minimum atomic E-state index is -0.681. The van der Waals surface area contributed by atoms with E-state index in [9.17, 15) is 14.7 Å². The predicted octanol–water partition coefficient (Wildman–Crippen LogP) is 8.76. The van der Waals surface area contributed by atoms with E-state index in [1.807, 2.05) is 12.1 Å². The molecule has 7 atom stereocenters. The van der Waals surface area contributed by atoms with Gasteiger partial charge in [0.25, 0.3) is 0 Å². The van der Waals surface area contributed by atoms with Gasteiger partial charge in [-0.15, -0.1) is 0 Å². The fourth-order valence-electron chi connectivity index (χ4n) is 11.2. The summed E-state index contributed by atoms with van der Waals surface area (Å²) in [6.45, 7) is 14.3. The molecule has 4 aliphatic rings. The van der Waals surface area contributed by atoms with Gasteiger partial charge in [-0.3, -0.25) is 14.5 Å². The third-order valence-electron chi connectivity index (χ3n) is 13.7. The SMILES string of the molecule is CCC12CCC(O)C(C)C1CCC1(C)CCCC3(C(=O)CN(CCN(C)C)Cc4ccc(Cl)cc4)CC(=O)C(C(C)C)=C3CCCC12. The van der Waals surface area contributed by atoms with E-state index in [-0.39, 0.29) is 34.4 Å². The van der Waals surface area contributed by atoms with E-state index in [2.05, 4.69) is 70.6 Å². The minimum absolute atomic E-state index is 0.126. The summed E-state index contributed by atoms with van der Waals surface area (Å²) in [4.78, 5) is 33.3. The number of aliphatic hydroxyl groups is 1. The molecule has 47 heavy (non-hydrogen) atoms. The van der Waals surface area contributed by atoms with Gasteiger partial charge in [-0.05, 0) is 142 Å². The van der Waals surface area contributed by atoms with Crippen LogP contribution < -0.4 is 0 Å². The third kappa shape index (κ3) is 7.21. The van der Waals surface area contributed by atoms with Gasteiger partial charge in [-0.2, -0.15) is 0 Å². The largest absolute Gasteiger partial charge is 0.393 e. The van der Waals surface area contributed by atoms with E-state index in [0.29, 0.717) is 37.3 Å². The zero-order valence-corrected chi connectivity index (χ0v) is 31.3. The van der Waals surface area contributed by atoms with Crippen LogP contribution in [0.2, 0.25) is 5.02 Å². The maximum atomic E-state index is 14.9. The van der Waals surface area contributed by atoms with Gasteiger partial charge in [0.15, 0.2) is 11.6 Å². The molecule has 0 aromatic heterocycles. The number of allylic oxidation sites excluding steroid dienone is 2. The molecule has 5 rings (SSSR count). The maximum absolute atomic E-state index is 14.9. The van der Waals surface area contributed by atoms with Crippen LogP contribution in [0.4, 0.5) is 0 Å². The Labute approximate surface area is 290 Å². The average Bonchev–Trinajstić information content (AvgIpc) is 3.31. The highest BCUT2D eigenvalue weighted by Crippen LogP contribution is 2.66. The summed E-state index contributed by atoms with van der Waals surface area (Å²) in [6.07, 6.45) is 11.8. The van der Waals surface area contributed by atoms with E-state index in [1.54, 1.807) is 0 Å². The Morgan fingerprint density at radius 2 is 1.74 bits per heavy atom. The third-order valence-corrected chi connectivity index (χ3v) is 14.0. The summed E-state index contributed by atoms with van der Waals surface area (Å²) in [5.41, 5.74) is 3.13. The number of halogens is 1. The molecule has 0 radical (unpaired) electrons. The van der Waals surface area contributed by atoms with Gasteiger partial charge in [0, 0.05) is 31.1 Å².